The summed E-state index contributed by atoms with van der Waals surface area (Å²) in [4.78, 5) is 10.8. The molecule has 0 atom stereocenters. The molecule has 1 saturated heterocycles. The van der Waals surface area contributed by atoms with E-state index in [2.05, 4.69) is 5.32 Å². The Morgan fingerprint density at radius 1 is 1.11 bits per heavy atom. The number of hydrogen-bond acceptors (Lipinski definition) is 5. The Bertz CT molecular complexity index is 938. The van der Waals surface area contributed by atoms with Gasteiger partial charge in [-0.25, -0.2) is 8.42 Å². The average Bonchev–Trinajstić information content (AvgIpc) is 2.68. The van der Waals surface area contributed by atoms with Crippen molar-refractivity contribution in [3.05, 3.63) is 63.7 Å². The van der Waals surface area contributed by atoms with E-state index in [0.717, 1.165) is 24.8 Å². The molecule has 0 aliphatic carbocycles. The summed E-state index contributed by atoms with van der Waals surface area (Å²) in [6, 6.07) is 11.6. The molecule has 27 heavy (non-hydrogen) atoms. The molecular formula is C19H23N3O4S. The lowest BCUT2D eigenvalue weighted by Gasteiger charge is -2.26. The molecule has 0 unspecified atom stereocenters. The lowest BCUT2D eigenvalue weighted by molar-refractivity contribution is -0.384. The normalized spacial score (nSPS) is 15.4. The first-order valence-corrected chi connectivity index (χ1v) is 10.4. The van der Waals surface area contributed by atoms with Crippen LogP contribution in [0.25, 0.3) is 0 Å². The molecule has 1 aliphatic rings. The highest BCUT2D eigenvalue weighted by atomic mass is 32.2. The van der Waals surface area contributed by atoms with Crippen molar-refractivity contribution in [1.82, 2.24) is 4.31 Å². The third-order valence-electron chi connectivity index (χ3n) is 4.74. The predicted octanol–water partition coefficient (Wildman–Crippen LogP) is 3.69. The molecule has 8 heteroatoms. The van der Waals surface area contributed by atoms with Gasteiger partial charge in [-0.2, -0.15) is 4.31 Å². The summed E-state index contributed by atoms with van der Waals surface area (Å²) in [6.07, 6.45) is 2.85. The van der Waals surface area contributed by atoms with Crippen LogP contribution in [0.15, 0.2) is 47.4 Å². The van der Waals surface area contributed by atoms with Gasteiger partial charge in [0.15, 0.2) is 0 Å². The van der Waals surface area contributed by atoms with Crippen molar-refractivity contribution in [1.29, 1.82) is 0 Å². The van der Waals surface area contributed by atoms with Crippen LogP contribution in [0.4, 0.5) is 11.4 Å². The predicted molar refractivity (Wildman–Crippen MR) is 104 cm³/mol. The van der Waals surface area contributed by atoms with Crippen LogP contribution in [0.3, 0.4) is 0 Å². The molecule has 1 N–H and O–H groups in total. The zero-order valence-electron chi connectivity index (χ0n) is 15.2. The molecule has 3 rings (SSSR count). The Hall–Kier alpha value is -2.45. The van der Waals surface area contributed by atoms with E-state index in [-0.39, 0.29) is 5.69 Å². The van der Waals surface area contributed by atoms with E-state index in [1.807, 2.05) is 6.07 Å². The van der Waals surface area contributed by atoms with Crippen molar-refractivity contribution in [2.45, 2.75) is 37.6 Å². The molecule has 2 aromatic rings. The molecule has 0 spiro atoms. The van der Waals surface area contributed by atoms with Crippen molar-refractivity contribution in [3.63, 3.8) is 0 Å². The molecular weight excluding hydrogens is 366 g/mol. The molecule has 0 radical (unpaired) electrons. The van der Waals surface area contributed by atoms with Crippen LogP contribution in [0, 0.1) is 17.0 Å². The summed E-state index contributed by atoms with van der Waals surface area (Å²) in [7, 11) is -3.51. The van der Waals surface area contributed by atoms with E-state index in [9.17, 15) is 18.5 Å². The molecule has 1 aliphatic heterocycles. The lowest BCUT2D eigenvalue weighted by atomic mass is 10.2. The van der Waals surface area contributed by atoms with E-state index >= 15 is 0 Å². The third kappa shape index (κ3) is 4.45. The number of rotatable bonds is 6. The smallest absolute Gasteiger partial charge is 0.269 e. The van der Waals surface area contributed by atoms with E-state index < -0.39 is 14.9 Å². The van der Waals surface area contributed by atoms with Crippen LogP contribution in [0.1, 0.15) is 30.4 Å². The van der Waals surface area contributed by atoms with E-state index in [1.54, 1.807) is 35.5 Å². The summed E-state index contributed by atoms with van der Waals surface area (Å²) in [6.45, 7) is 3.29. The largest absolute Gasteiger partial charge is 0.381 e. The van der Waals surface area contributed by atoms with E-state index in [4.69, 9.17) is 0 Å². The highest BCUT2D eigenvalue weighted by Crippen LogP contribution is 2.26. The number of nitro groups is 1. The minimum Gasteiger partial charge on any atom is -0.381 e. The second-order valence-corrected chi connectivity index (χ2v) is 8.63. The zero-order chi connectivity index (χ0) is 19.4. The van der Waals surface area contributed by atoms with Gasteiger partial charge in [-0.05, 0) is 43.0 Å². The third-order valence-corrected chi connectivity index (χ3v) is 6.78. The Kier molecular flexibility index (Phi) is 5.76. The Morgan fingerprint density at radius 2 is 1.85 bits per heavy atom. The molecule has 0 amide bonds. The molecule has 144 valence electrons. The van der Waals surface area contributed by atoms with Gasteiger partial charge in [0.2, 0.25) is 10.0 Å². The van der Waals surface area contributed by atoms with Crippen molar-refractivity contribution in [2.24, 2.45) is 0 Å². The van der Waals surface area contributed by atoms with Gasteiger partial charge in [-0.1, -0.05) is 24.6 Å². The van der Waals surface area contributed by atoms with Gasteiger partial charge in [0, 0.05) is 37.5 Å². The number of nitro benzene ring substituents is 1. The number of aryl methyl sites for hydroxylation is 1. The highest BCUT2D eigenvalue weighted by Gasteiger charge is 2.27. The van der Waals surface area contributed by atoms with Gasteiger partial charge in [0.05, 0.1) is 9.82 Å². The second-order valence-electron chi connectivity index (χ2n) is 6.73. The zero-order valence-corrected chi connectivity index (χ0v) is 16.0. The minimum absolute atomic E-state index is 0.0339. The molecule has 7 nitrogen and oxygen atoms in total. The van der Waals surface area contributed by atoms with Crippen LogP contribution in [-0.4, -0.2) is 30.7 Å². The summed E-state index contributed by atoms with van der Waals surface area (Å²) >= 11 is 0. The Labute approximate surface area is 159 Å². The quantitative estimate of drug-likeness (QED) is 0.601. The van der Waals surface area contributed by atoms with Crippen LogP contribution in [0.5, 0.6) is 0 Å². The summed E-state index contributed by atoms with van der Waals surface area (Å²) in [5, 5.41) is 14.0. The van der Waals surface area contributed by atoms with Crippen LogP contribution < -0.4 is 5.32 Å². The molecule has 0 saturated carbocycles. The van der Waals surface area contributed by atoms with Gasteiger partial charge in [0.1, 0.15) is 0 Å². The van der Waals surface area contributed by atoms with Gasteiger partial charge in [0.25, 0.3) is 5.69 Å². The molecule has 0 aromatic heterocycles. The maximum Gasteiger partial charge on any atom is 0.269 e. The molecule has 2 aromatic carbocycles. The van der Waals surface area contributed by atoms with Crippen LogP contribution in [0.2, 0.25) is 0 Å². The minimum atomic E-state index is -3.51. The molecule has 1 heterocycles. The SMILES string of the molecule is Cc1ccc(NCc2cccc([N+](=O)[O-])c2)cc1S(=O)(=O)N1CCCCC1. The number of nitrogens with one attached hydrogen (secondary N) is 1. The first-order chi connectivity index (χ1) is 12.9. The first kappa shape index (κ1) is 19.3. The summed E-state index contributed by atoms with van der Waals surface area (Å²) in [5.74, 6) is 0. The first-order valence-electron chi connectivity index (χ1n) is 8.96. The van der Waals surface area contributed by atoms with Gasteiger partial charge < -0.3 is 5.32 Å². The van der Waals surface area contributed by atoms with Gasteiger partial charge in [-0.15, -0.1) is 0 Å². The molecule has 1 fully saturated rings. The maximum absolute atomic E-state index is 13.0. The van der Waals surface area contributed by atoms with Crippen LogP contribution >= 0.6 is 0 Å². The fourth-order valence-electron chi connectivity index (χ4n) is 3.22. The standard InChI is InChI=1S/C19H23N3O4S/c1-15-8-9-17(20-14-16-6-5-7-18(12-16)22(23)24)13-19(15)27(25,26)21-10-3-2-4-11-21/h5-9,12-13,20H,2-4,10-11,14H2,1H3. The Balaban J connectivity index is 1.79. The van der Waals surface area contributed by atoms with Crippen molar-refractivity contribution in [2.75, 3.05) is 18.4 Å². The number of piperidine rings is 1. The van der Waals surface area contributed by atoms with Gasteiger partial charge in [-0.3, -0.25) is 10.1 Å². The fraction of sp³-hybridized carbons (Fsp3) is 0.368. The van der Waals surface area contributed by atoms with Crippen molar-refractivity contribution >= 4 is 21.4 Å². The topological polar surface area (TPSA) is 92.5 Å². The average molecular weight is 389 g/mol. The van der Waals surface area contributed by atoms with Crippen molar-refractivity contribution < 1.29 is 13.3 Å². The van der Waals surface area contributed by atoms with Crippen LogP contribution in [-0.2, 0) is 16.6 Å². The van der Waals surface area contributed by atoms with E-state index in [0.29, 0.717) is 35.8 Å². The van der Waals surface area contributed by atoms with Gasteiger partial charge >= 0.3 is 0 Å². The number of nitrogens with zero attached hydrogens (tertiary/aromatic N) is 2. The second kappa shape index (κ2) is 8.06. The Morgan fingerprint density at radius 3 is 2.56 bits per heavy atom. The highest BCUT2D eigenvalue weighted by molar-refractivity contribution is 7.89. The monoisotopic (exact) mass is 389 g/mol. The number of sulfonamides is 1. The number of anilines is 1. The summed E-state index contributed by atoms with van der Waals surface area (Å²) in [5.41, 5.74) is 2.17. The lowest BCUT2D eigenvalue weighted by Crippen LogP contribution is -2.36. The summed E-state index contributed by atoms with van der Waals surface area (Å²) < 4.78 is 27.5. The maximum atomic E-state index is 13.0. The van der Waals surface area contributed by atoms with E-state index in [1.165, 1.54) is 12.1 Å². The molecule has 0 bridgehead atoms. The number of benzene rings is 2. The number of non-ortho nitro benzene ring substituents is 1. The number of hydrogen-bond donors (Lipinski definition) is 1. The van der Waals surface area contributed by atoms with Crippen molar-refractivity contribution in [3.8, 4) is 0 Å². The fourth-order valence-corrected chi connectivity index (χ4v) is 4.98.